The normalized spacial score (nSPS) is 23.0. The van der Waals surface area contributed by atoms with E-state index in [1.807, 2.05) is 0 Å². The lowest BCUT2D eigenvalue weighted by Crippen LogP contribution is -2.56. The van der Waals surface area contributed by atoms with Crippen molar-refractivity contribution < 1.29 is 9.53 Å². The van der Waals surface area contributed by atoms with Crippen LogP contribution in [0.3, 0.4) is 0 Å². The summed E-state index contributed by atoms with van der Waals surface area (Å²) in [6, 6.07) is 1.81. The Morgan fingerprint density at radius 3 is 2.84 bits per heavy atom. The van der Waals surface area contributed by atoms with Crippen LogP contribution in [0.25, 0.3) is 0 Å². The Morgan fingerprint density at radius 1 is 1.36 bits per heavy atom. The monoisotopic (exact) mass is 346 g/mol. The zero-order valence-electron chi connectivity index (χ0n) is 14.3. The molecule has 1 aliphatic carbocycles. The van der Waals surface area contributed by atoms with Crippen molar-refractivity contribution in [3.63, 3.8) is 0 Å². The second-order valence-electron chi connectivity index (χ2n) is 6.46. The van der Waals surface area contributed by atoms with Crippen molar-refractivity contribution in [3.05, 3.63) is 32.6 Å². The molecule has 1 amide bonds. The molecule has 0 aromatic carbocycles. The van der Waals surface area contributed by atoms with Gasteiger partial charge >= 0.3 is 5.69 Å². The van der Waals surface area contributed by atoms with Crippen LogP contribution in [0.5, 0.6) is 0 Å². The first-order valence-corrected chi connectivity index (χ1v) is 8.72. The van der Waals surface area contributed by atoms with Gasteiger partial charge in [-0.15, -0.1) is 0 Å². The van der Waals surface area contributed by atoms with Crippen LogP contribution < -0.4 is 11.2 Å². The summed E-state index contributed by atoms with van der Waals surface area (Å²) in [5.41, 5.74) is -1.40. The molecule has 134 valence electrons. The Bertz CT molecular complexity index is 817. The van der Waals surface area contributed by atoms with Gasteiger partial charge in [-0.1, -0.05) is 12.8 Å². The van der Waals surface area contributed by atoms with Gasteiger partial charge in [-0.05, 0) is 19.8 Å². The number of amides is 1. The topological polar surface area (TPSA) is 97.3 Å². The van der Waals surface area contributed by atoms with Crippen LogP contribution >= 0.6 is 0 Å². The van der Waals surface area contributed by atoms with Crippen molar-refractivity contribution in [2.45, 2.75) is 57.8 Å². The number of ether oxygens (including phenoxy) is 1. The van der Waals surface area contributed by atoms with E-state index in [0.29, 0.717) is 19.7 Å². The molecular weight excluding hydrogens is 324 g/mol. The molecule has 2 aliphatic rings. The van der Waals surface area contributed by atoms with Crippen molar-refractivity contribution in [2.75, 3.05) is 13.2 Å². The Hall–Kier alpha value is -2.40. The number of hydrogen-bond donors (Lipinski definition) is 0. The van der Waals surface area contributed by atoms with Crippen molar-refractivity contribution in [1.29, 1.82) is 5.26 Å². The second kappa shape index (κ2) is 7.23. The maximum Gasteiger partial charge on any atom is 0.331 e. The van der Waals surface area contributed by atoms with E-state index in [4.69, 9.17) is 10.00 Å². The van der Waals surface area contributed by atoms with Gasteiger partial charge in [0.15, 0.2) is 0 Å². The van der Waals surface area contributed by atoms with Gasteiger partial charge in [0, 0.05) is 19.3 Å². The molecule has 8 heteroatoms. The standard InChI is InChI=1S/C17H22N4O4/c1-2-19-10-12(9-18)16(23)21(17(19)24)11-15(22)20-7-8-25-14-6-4-3-5-13(14)20/h10,13-14H,2-8,11H2,1H3/t13-,14+/m0/s1. The van der Waals surface area contributed by atoms with Crippen LogP contribution in [0.1, 0.15) is 38.2 Å². The van der Waals surface area contributed by atoms with E-state index in [9.17, 15) is 14.4 Å². The number of hydrogen-bond acceptors (Lipinski definition) is 5. The minimum atomic E-state index is -0.709. The summed E-state index contributed by atoms with van der Waals surface area (Å²) in [6.45, 7) is 2.67. The lowest BCUT2D eigenvalue weighted by molar-refractivity contribution is -0.150. The van der Waals surface area contributed by atoms with Gasteiger partial charge in [-0.25, -0.2) is 9.36 Å². The van der Waals surface area contributed by atoms with Gasteiger partial charge in [0.2, 0.25) is 5.91 Å². The molecule has 0 bridgehead atoms. The molecule has 0 radical (unpaired) electrons. The molecule has 2 atom stereocenters. The number of nitriles is 1. The molecule has 2 fully saturated rings. The summed E-state index contributed by atoms with van der Waals surface area (Å²) in [5.74, 6) is -0.267. The van der Waals surface area contributed by atoms with Gasteiger partial charge in [0.25, 0.3) is 5.56 Å². The highest BCUT2D eigenvalue weighted by Crippen LogP contribution is 2.28. The van der Waals surface area contributed by atoms with E-state index in [2.05, 4.69) is 0 Å². The SMILES string of the molecule is CCn1cc(C#N)c(=O)n(CC(=O)N2CCO[C@@H]3CCCC[C@@H]32)c1=O. The van der Waals surface area contributed by atoms with Gasteiger partial charge in [-0.2, -0.15) is 5.26 Å². The smallest absolute Gasteiger partial charge is 0.331 e. The quantitative estimate of drug-likeness (QED) is 0.771. The average Bonchev–Trinajstić information content (AvgIpc) is 2.64. The lowest BCUT2D eigenvalue weighted by Gasteiger charge is -2.43. The Morgan fingerprint density at radius 2 is 2.12 bits per heavy atom. The summed E-state index contributed by atoms with van der Waals surface area (Å²) in [6.07, 6.45) is 5.23. The van der Waals surface area contributed by atoms with Gasteiger partial charge in [0.05, 0.1) is 18.8 Å². The third-order valence-electron chi connectivity index (χ3n) is 5.04. The molecule has 2 heterocycles. The number of aromatic nitrogens is 2. The fourth-order valence-corrected chi connectivity index (χ4v) is 3.73. The first-order chi connectivity index (χ1) is 12.1. The number of carbonyl (C=O) groups excluding carboxylic acids is 1. The fourth-order valence-electron chi connectivity index (χ4n) is 3.73. The van der Waals surface area contributed by atoms with Gasteiger partial charge in [0.1, 0.15) is 18.2 Å². The van der Waals surface area contributed by atoms with Crippen LogP contribution in [0.4, 0.5) is 0 Å². The zero-order valence-corrected chi connectivity index (χ0v) is 14.3. The van der Waals surface area contributed by atoms with Crippen LogP contribution in [0, 0.1) is 11.3 Å². The largest absolute Gasteiger partial charge is 0.374 e. The molecule has 1 saturated heterocycles. The summed E-state index contributed by atoms with van der Waals surface area (Å²) in [4.78, 5) is 39.3. The van der Waals surface area contributed by atoms with Crippen LogP contribution in [0.2, 0.25) is 0 Å². The Kier molecular flexibility index (Phi) is 5.04. The molecule has 3 rings (SSSR count). The number of fused-ring (bicyclic) bond motifs is 1. The van der Waals surface area contributed by atoms with E-state index in [0.717, 1.165) is 30.3 Å². The fraction of sp³-hybridized carbons (Fsp3) is 0.647. The predicted octanol–water partition coefficient (Wildman–Crippen LogP) is 0.0716. The molecule has 25 heavy (non-hydrogen) atoms. The number of morpholine rings is 1. The molecule has 1 aliphatic heterocycles. The molecule has 1 saturated carbocycles. The molecule has 0 N–H and O–H groups in total. The number of aryl methyl sites for hydroxylation is 1. The van der Waals surface area contributed by atoms with Gasteiger partial charge in [-0.3, -0.25) is 14.2 Å². The van der Waals surface area contributed by atoms with Crippen LogP contribution in [-0.4, -0.2) is 45.2 Å². The highest BCUT2D eigenvalue weighted by Gasteiger charge is 2.36. The molecule has 1 aromatic heterocycles. The van der Waals surface area contributed by atoms with E-state index < -0.39 is 11.2 Å². The maximum absolute atomic E-state index is 12.8. The molecule has 1 aromatic rings. The van der Waals surface area contributed by atoms with Crippen LogP contribution in [0.15, 0.2) is 15.8 Å². The van der Waals surface area contributed by atoms with Crippen molar-refractivity contribution >= 4 is 5.91 Å². The van der Waals surface area contributed by atoms with Gasteiger partial charge < -0.3 is 9.64 Å². The second-order valence-corrected chi connectivity index (χ2v) is 6.46. The van der Waals surface area contributed by atoms with E-state index in [1.165, 1.54) is 10.8 Å². The Balaban J connectivity index is 1.89. The highest BCUT2D eigenvalue weighted by molar-refractivity contribution is 5.76. The molecule has 0 unspecified atom stereocenters. The molecule has 0 spiro atoms. The number of carbonyl (C=O) groups is 1. The molecular formula is C17H22N4O4. The maximum atomic E-state index is 12.8. The van der Waals surface area contributed by atoms with E-state index in [1.54, 1.807) is 17.9 Å². The minimum absolute atomic E-state index is 0.0123. The van der Waals surface area contributed by atoms with E-state index in [-0.39, 0.29) is 30.2 Å². The summed E-state index contributed by atoms with van der Waals surface area (Å²) in [7, 11) is 0. The minimum Gasteiger partial charge on any atom is -0.374 e. The zero-order chi connectivity index (χ0) is 18.0. The predicted molar refractivity (Wildman–Crippen MR) is 89.1 cm³/mol. The number of rotatable bonds is 3. The third kappa shape index (κ3) is 3.24. The lowest BCUT2D eigenvalue weighted by atomic mass is 9.90. The average molecular weight is 346 g/mol. The first kappa shape index (κ1) is 17.4. The van der Waals surface area contributed by atoms with Crippen molar-refractivity contribution in [1.82, 2.24) is 14.0 Å². The first-order valence-electron chi connectivity index (χ1n) is 8.72. The van der Waals surface area contributed by atoms with Crippen molar-refractivity contribution in [2.24, 2.45) is 0 Å². The number of nitrogens with zero attached hydrogens (tertiary/aromatic N) is 4. The Labute approximate surface area is 145 Å². The summed E-state index contributed by atoms with van der Waals surface area (Å²) < 4.78 is 7.91. The molecule has 8 nitrogen and oxygen atoms in total. The third-order valence-corrected chi connectivity index (χ3v) is 5.04. The summed E-state index contributed by atoms with van der Waals surface area (Å²) >= 11 is 0. The van der Waals surface area contributed by atoms with E-state index >= 15 is 0 Å². The summed E-state index contributed by atoms with van der Waals surface area (Å²) in [5, 5.41) is 9.10. The van der Waals surface area contributed by atoms with Crippen LogP contribution in [-0.2, 0) is 22.6 Å². The highest BCUT2D eigenvalue weighted by atomic mass is 16.5. The van der Waals surface area contributed by atoms with Crippen molar-refractivity contribution in [3.8, 4) is 6.07 Å².